The molecule has 0 aliphatic carbocycles. The highest BCUT2D eigenvalue weighted by atomic mass is 32.1. The zero-order chi connectivity index (χ0) is 30.2. The van der Waals surface area contributed by atoms with Crippen molar-refractivity contribution in [2.75, 3.05) is 63.6 Å². The van der Waals surface area contributed by atoms with Crippen LogP contribution >= 0.6 is 22.7 Å². The number of ether oxygens (including phenoxy) is 1. The Kier molecular flexibility index (Phi) is 11.5. The SMILES string of the molecule is CCOC(=O)c1scc(C)c1NC(=O)C[N+]1(CC(=O)Nc2c(C)csc2C(=O)NCCCNC)CCC(C)(C)CC1. The molecule has 1 fully saturated rings. The van der Waals surface area contributed by atoms with E-state index in [0.29, 0.717) is 45.2 Å². The van der Waals surface area contributed by atoms with Crippen LogP contribution in [0.2, 0.25) is 0 Å². The van der Waals surface area contributed by atoms with Gasteiger partial charge in [0.15, 0.2) is 13.1 Å². The minimum atomic E-state index is -0.461. The van der Waals surface area contributed by atoms with E-state index >= 15 is 0 Å². The number of amides is 3. The summed E-state index contributed by atoms with van der Waals surface area (Å²) in [5, 5.41) is 15.6. The summed E-state index contributed by atoms with van der Waals surface area (Å²) >= 11 is 2.55. The van der Waals surface area contributed by atoms with Crippen molar-refractivity contribution in [1.29, 1.82) is 0 Å². The van der Waals surface area contributed by atoms with E-state index in [-0.39, 0.29) is 42.8 Å². The molecule has 3 heterocycles. The van der Waals surface area contributed by atoms with Crippen molar-refractivity contribution in [3.8, 4) is 0 Å². The molecule has 0 radical (unpaired) electrons. The molecule has 0 spiro atoms. The third-order valence-corrected chi connectivity index (χ3v) is 9.69. The molecule has 226 valence electrons. The van der Waals surface area contributed by atoms with E-state index in [1.54, 1.807) is 6.92 Å². The van der Waals surface area contributed by atoms with Gasteiger partial charge in [0.25, 0.3) is 17.7 Å². The number of nitrogens with zero attached hydrogens (tertiary/aromatic N) is 1. The van der Waals surface area contributed by atoms with Crippen molar-refractivity contribution in [3.05, 3.63) is 31.6 Å². The van der Waals surface area contributed by atoms with Gasteiger partial charge < -0.3 is 30.5 Å². The number of likely N-dealkylation sites (tertiary alicyclic amines) is 1. The van der Waals surface area contributed by atoms with E-state index in [2.05, 4.69) is 35.1 Å². The maximum absolute atomic E-state index is 13.5. The minimum Gasteiger partial charge on any atom is -0.462 e. The molecule has 12 heteroatoms. The largest absolute Gasteiger partial charge is 0.462 e. The number of aryl methyl sites for hydroxylation is 2. The predicted molar refractivity (Wildman–Crippen MR) is 165 cm³/mol. The summed E-state index contributed by atoms with van der Waals surface area (Å²) in [6, 6.07) is 0. The Morgan fingerprint density at radius 2 is 1.44 bits per heavy atom. The van der Waals surface area contributed by atoms with Crippen LogP contribution in [0.1, 0.15) is 70.5 Å². The van der Waals surface area contributed by atoms with Crippen LogP contribution in [0.3, 0.4) is 0 Å². The molecule has 0 aromatic carbocycles. The van der Waals surface area contributed by atoms with E-state index in [1.807, 2.05) is 31.7 Å². The number of quaternary nitrogens is 1. The number of hydrogen-bond acceptors (Lipinski definition) is 8. The summed E-state index contributed by atoms with van der Waals surface area (Å²) in [7, 11) is 1.87. The van der Waals surface area contributed by atoms with Crippen molar-refractivity contribution < 1.29 is 28.4 Å². The van der Waals surface area contributed by atoms with Crippen LogP contribution < -0.4 is 21.3 Å². The summed E-state index contributed by atoms with van der Waals surface area (Å²) in [6.45, 7) is 13.0. The molecule has 0 saturated carbocycles. The summed E-state index contributed by atoms with van der Waals surface area (Å²) in [6.07, 6.45) is 2.55. The van der Waals surface area contributed by atoms with Crippen LogP contribution in [-0.4, -0.2) is 81.1 Å². The summed E-state index contributed by atoms with van der Waals surface area (Å²) in [4.78, 5) is 53.0. The molecule has 10 nitrogen and oxygen atoms in total. The molecule has 2 aromatic rings. The Balaban J connectivity index is 1.74. The van der Waals surface area contributed by atoms with Crippen LogP contribution in [0.25, 0.3) is 0 Å². The first-order valence-electron chi connectivity index (χ1n) is 14.1. The lowest BCUT2D eigenvalue weighted by atomic mass is 9.81. The number of anilines is 2. The lowest BCUT2D eigenvalue weighted by Gasteiger charge is -2.45. The molecule has 1 aliphatic heterocycles. The molecule has 2 aromatic heterocycles. The second-order valence-electron chi connectivity index (χ2n) is 11.5. The average Bonchev–Trinajstić information content (AvgIpc) is 3.45. The number of carbonyl (C=O) groups is 4. The first-order chi connectivity index (χ1) is 19.4. The Morgan fingerprint density at radius 3 is 1.98 bits per heavy atom. The zero-order valence-corrected chi connectivity index (χ0v) is 26.7. The third kappa shape index (κ3) is 8.84. The van der Waals surface area contributed by atoms with E-state index in [4.69, 9.17) is 4.74 Å². The summed E-state index contributed by atoms with van der Waals surface area (Å²) in [5.74, 6) is -1.15. The number of nitrogens with one attached hydrogen (secondary N) is 4. The fourth-order valence-electron chi connectivity index (χ4n) is 4.92. The molecule has 3 rings (SSSR count). The molecular formula is C29H44N5O5S2+. The topological polar surface area (TPSA) is 126 Å². The number of hydrogen-bond donors (Lipinski definition) is 4. The molecule has 0 unspecified atom stereocenters. The van der Waals surface area contributed by atoms with Crippen molar-refractivity contribution in [1.82, 2.24) is 10.6 Å². The lowest BCUT2D eigenvalue weighted by molar-refractivity contribution is -0.919. The van der Waals surface area contributed by atoms with Gasteiger partial charge in [0.1, 0.15) is 9.75 Å². The lowest BCUT2D eigenvalue weighted by Crippen LogP contribution is -2.60. The summed E-state index contributed by atoms with van der Waals surface area (Å²) in [5.41, 5.74) is 2.74. The molecule has 3 amide bonds. The summed E-state index contributed by atoms with van der Waals surface area (Å²) < 4.78 is 5.46. The van der Waals surface area contributed by atoms with E-state index in [9.17, 15) is 19.2 Å². The van der Waals surface area contributed by atoms with Gasteiger partial charge in [0, 0.05) is 19.4 Å². The van der Waals surface area contributed by atoms with Gasteiger partial charge in [0.05, 0.1) is 31.1 Å². The Hall–Kier alpha value is -2.80. The highest BCUT2D eigenvalue weighted by Gasteiger charge is 2.41. The highest BCUT2D eigenvalue weighted by molar-refractivity contribution is 7.13. The Labute approximate surface area is 250 Å². The van der Waals surface area contributed by atoms with E-state index in [1.165, 1.54) is 22.7 Å². The predicted octanol–water partition coefficient (Wildman–Crippen LogP) is 4.16. The molecule has 0 atom stereocenters. The van der Waals surface area contributed by atoms with Gasteiger partial charge in [0.2, 0.25) is 0 Å². The number of esters is 1. The van der Waals surface area contributed by atoms with Crippen LogP contribution in [0, 0.1) is 19.3 Å². The molecule has 41 heavy (non-hydrogen) atoms. The first kappa shape index (κ1) is 32.7. The quantitative estimate of drug-likeness (QED) is 0.154. The van der Waals surface area contributed by atoms with Gasteiger partial charge in [-0.2, -0.15) is 0 Å². The second kappa shape index (κ2) is 14.4. The molecular weight excluding hydrogens is 562 g/mol. The maximum atomic E-state index is 13.5. The number of carbonyl (C=O) groups excluding carboxylic acids is 4. The second-order valence-corrected chi connectivity index (χ2v) is 13.3. The van der Waals surface area contributed by atoms with Crippen molar-refractivity contribution >= 4 is 57.7 Å². The fraction of sp³-hybridized carbons (Fsp3) is 0.586. The fourth-order valence-corrected chi connectivity index (χ4v) is 6.74. The highest BCUT2D eigenvalue weighted by Crippen LogP contribution is 2.35. The van der Waals surface area contributed by atoms with E-state index in [0.717, 1.165) is 36.9 Å². The number of piperidine rings is 1. The van der Waals surface area contributed by atoms with Crippen LogP contribution in [0.5, 0.6) is 0 Å². The van der Waals surface area contributed by atoms with Gasteiger partial charge in [-0.15, -0.1) is 22.7 Å². The minimum absolute atomic E-state index is 0.0997. The molecule has 4 N–H and O–H groups in total. The van der Waals surface area contributed by atoms with E-state index < -0.39 is 5.97 Å². The standard InChI is InChI=1S/C29H43N5O5S2/c1-7-39-28(38)26-24(20(3)18-41-26)33-22(36)16-34(13-9-29(4,5)10-14-34)15-21(35)32-23-19(2)17-40-25(23)27(37)31-12-8-11-30-6/h17-18,30H,7-16H2,1-6H3,(H2-,31,32,33,35,36,37,38)/p+1. The van der Waals surface area contributed by atoms with Crippen molar-refractivity contribution in [2.45, 2.75) is 53.9 Å². The molecule has 1 saturated heterocycles. The molecule has 1 aliphatic rings. The van der Waals surface area contributed by atoms with Crippen LogP contribution in [0.4, 0.5) is 11.4 Å². The Bertz CT molecular complexity index is 1240. The van der Waals surface area contributed by atoms with Gasteiger partial charge in [-0.3, -0.25) is 14.4 Å². The zero-order valence-electron chi connectivity index (χ0n) is 25.0. The van der Waals surface area contributed by atoms with Crippen molar-refractivity contribution in [2.24, 2.45) is 5.41 Å². The average molecular weight is 607 g/mol. The smallest absolute Gasteiger partial charge is 0.350 e. The number of thiophene rings is 2. The van der Waals surface area contributed by atoms with Crippen LogP contribution in [-0.2, 0) is 14.3 Å². The normalized spacial score (nSPS) is 15.7. The monoisotopic (exact) mass is 606 g/mol. The van der Waals surface area contributed by atoms with Gasteiger partial charge >= 0.3 is 5.97 Å². The van der Waals surface area contributed by atoms with Crippen LogP contribution in [0.15, 0.2) is 10.8 Å². The first-order valence-corrected chi connectivity index (χ1v) is 15.9. The Morgan fingerprint density at radius 1 is 0.902 bits per heavy atom. The van der Waals surface area contributed by atoms with Gasteiger partial charge in [-0.05, 0) is 68.1 Å². The third-order valence-electron chi connectivity index (χ3n) is 7.52. The maximum Gasteiger partial charge on any atom is 0.350 e. The van der Waals surface area contributed by atoms with Gasteiger partial charge in [-0.1, -0.05) is 13.8 Å². The van der Waals surface area contributed by atoms with Gasteiger partial charge in [-0.25, -0.2) is 4.79 Å². The van der Waals surface area contributed by atoms with Crippen molar-refractivity contribution in [3.63, 3.8) is 0 Å². The molecule has 0 bridgehead atoms. The number of rotatable bonds is 13.